The lowest BCUT2D eigenvalue weighted by Crippen LogP contribution is -2.05. The molecule has 78 valence electrons. The van der Waals surface area contributed by atoms with Gasteiger partial charge in [-0.05, 0) is 26.0 Å². The Balaban J connectivity index is 2.58. The zero-order valence-electron chi connectivity index (χ0n) is 8.45. The first-order chi connectivity index (χ1) is 7.09. The molecular formula is C11H10FNO2. The van der Waals surface area contributed by atoms with E-state index in [0.29, 0.717) is 0 Å². The maximum absolute atomic E-state index is 13.5. The molecule has 0 fully saturated rings. The van der Waals surface area contributed by atoms with Crippen LogP contribution in [0.5, 0.6) is 0 Å². The highest BCUT2D eigenvalue weighted by Crippen LogP contribution is 2.23. The largest absolute Gasteiger partial charge is 0.403 e. The fraction of sp³-hybridized carbons (Fsp3) is 0.273. The molecule has 0 aromatic heterocycles. The van der Waals surface area contributed by atoms with E-state index in [1.807, 2.05) is 13.8 Å². The van der Waals surface area contributed by atoms with E-state index in [1.165, 1.54) is 18.2 Å². The van der Waals surface area contributed by atoms with Crippen molar-refractivity contribution in [1.29, 1.82) is 0 Å². The number of fused-ring (bicyclic) bond motifs is 1. The normalized spacial score (nSPS) is 17.1. The SMILES string of the molecule is CC(C)/N=C1/OC(=O)c2cccc(F)c21. The second-order valence-corrected chi connectivity index (χ2v) is 3.58. The summed E-state index contributed by atoms with van der Waals surface area (Å²) in [5.74, 6) is -0.926. The Labute approximate surface area is 86.6 Å². The van der Waals surface area contributed by atoms with Gasteiger partial charge in [-0.3, -0.25) is 0 Å². The van der Waals surface area contributed by atoms with Crippen molar-refractivity contribution >= 4 is 11.9 Å². The Morgan fingerprint density at radius 1 is 1.40 bits per heavy atom. The number of aliphatic imine (C=N–C) groups is 1. The number of esters is 1. The molecule has 15 heavy (non-hydrogen) atoms. The quantitative estimate of drug-likeness (QED) is 0.662. The summed E-state index contributed by atoms with van der Waals surface area (Å²) in [5.41, 5.74) is 0.422. The van der Waals surface area contributed by atoms with Crippen molar-refractivity contribution in [2.45, 2.75) is 19.9 Å². The predicted molar refractivity (Wildman–Crippen MR) is 53.5 cm³/mol. The zero-order valence-corrected chi connectivity index (χ0v) is 8.45. The summed E-state index contributed by atoms with van der Waals surface area (Å²) in [6.45, 7) is 3.67. The third-order valence-electron chi connectivity index (χ3n) is 2.01. The molecule has 2 rings (SSSR count). The molecule has 1 aromatic carbocycles. The van der Waals surface area contributed by atoms with Crippen LogP contribution in [0.1, 0.15) is 29.8 Å². The van der Waals surface area contributed by atoms with Gasteiger partial charge in [-0.1, -0.05) is 6.07 Å². The highest BCUT2D eigenvalue weighted by Gasteiger charge is 2.30. The second kappa shape index (κ2) is 3.46. The monoisotopic (exact) mass is 207 g/mol. The number of ether oxygens (including phenoxy) is 1. The number of hydrogen-bond acceptors (Lipinski definition) is 3. The Hall–Kier alpha value is -1.71. The van der Waals surface area contributed by atoms with Gasteiger partial charge in [0.1, 0.15) is 5.82 Å². The molecule has 1 aliphatic heterocycles. The fourth-order valence-electron chi connectivity index (χ4n) is 1.43. The summed E-state index contributed by atoms with van der Waals surface area (Å²) in [7, 11) is 0. The third kappa shape index (κ3) is 1.63. The van der Waals surface area contributed by atoms with Crippen LogP contribution in [-0.2, 0) is 4.74 Å². The molecule has 0 saturated heterocycles. The Bertz CT molecular complexity index is 452. The van der Waals surface area contributed by atoms with Gasteiger partial charge < -0.3 is 4.74 Å². The number of hydrogen-bond donors (Lipinski definition) is 0. The molecular weight excluding hydrogens is 197 g/mol. The Morgan fingerprint density at radius 2 is 2.13 bits per heavy atom. The lowest BCUT2D eigenvalue weighted by Gasteiger charge is -2.00. The van der Waals surface area contributed by atoms with Gasteiger partial charge in [0, 0.05) is 6.04 Å². The van der Waals surface area contributed by atoms with Gasteiger partial charge in [-0.25, -0.2) is 14.2 Å². The summed E-state index contributed by atoms with van der Waals surface area (Å²) < 4.78 is 18.3. The van der Waals surface area contributed by atoms with Crippen molar-refractivity contribution in [1.82, 2.24) is 0 Å². The van der Waals surface area contributed by atoms with E-state index in [2.05, 4.69) is 4.99 Å². The van der Waals surface area contributed by atoms with E-state index in [4.69, 9.17) is 4.74 Å². The molecule has 0 saturated carbocycles. The predicted octanol–water partition coefficient (Wildman–Crippen LogP) is 2.15. The molecule has 0 N–H and O–H groups in total. The van der Waals surface area contributed by atoms with E-state index < -0.39 is 11.8 Å². The van der Waals surface area contributed by atoms with Crippen molar-refractivity contribution in [2.75, 3.05) is 0 Å². The Morgan fingerprint density at radius 3 is 2.80 bits per heavy atom. The van der Waals surface area contributed by atoms with Crippen LogP contribution < -0.4 is 0 Å². The summed E-state index contributed by atoms with van der Waals surface area (Å²) in [6, 6.07) is 4.26. The molecule has 1 aliphatic rings. The number of cyclic esters (lactones) is 1. The van der Waals surface area contributed by atoms with Crippen LogP contribution in [0.2, 0.25) is 0 Å². The standard InChI is InChI=1S/C11H10FNO2/c1-6(2)13-10-9-7(11(14)15-10)4-3-5-8(9)12/h3-6H,1-2H3/b13-10+. The molecule has 0 atom stereocenters. The lowest BCUT2D eigenvalue weighted by atomic mass is 10.1. The minimum absolute atomic E-state index is 0.0432. The van der Waals surface area contributed by atoms with E-state index in [0.717, 1.165) is 0 Å². The van der Waals surface area contributed by atoms with Crippen molar-refractivity contribution < 1.29 is 13.9 Å². The Kier molecular flexibility index (Phi) is 2.26. The average molecular weight is 207 g/mol. The van der Waals surface area contributed by atoms with Gasteiger partial charge in [-0.15, -0.1) is 0 Å². The number of rotatable bonds is 1. The molecule has 0 amide bonds. The van der Waals surface area contributed by atoms with Gasteiger partial charge in [0.15, 0.2) is 0 Å². The van der Waals surface area contributed by atoms with E-state index in [-0.39, 0.29) is 23.1 Å². The molecule has 4 heteroatoms. The molecule has 0 spiro atoms. The van der Waals surface area contributed by atoms with E-state index in [1.54, 1.807) is 0 Å². The van der Waals surface area contributed by atoms with Crippen molar-refractivity contribution in [3.63, 3.8) is 0 Å². The molecule has 3 nitrogen and oxygen atoms in total. The first-order valence-corrected chi connectivity index (χ1v) is 4.68. The smallest absolute Gasteiger partial charge is 0.345 e. The highest BCUT2D eigenvalue weighted by molar-refractivity contribution is 6.16. The van der Waals surface area contributed by atoms with Crippen molar-refractivity contribution in [3.8, 4) is 0 Å². The first kappa shape index (κ1) is 9.83. The summed E-state index contributed by atoms with van der Waals surface area (Å²) in [4.78, 5) is 15.4. The summed E-state index contributed by atoms with van der Waals surface area (Å²) in [5, 5.41) is 0. The van der Waals surface area contributed by atoms with Gasteiger partial charge in [0.25, 0.3) is 0 Å². The third-order valence-corrected chi connectivity index (χ3v) is 2.01. The summed E-state index contributed by atoms with van der Waals surface area (Å²) >= 11 is 0. The number of nitrogens with zero attached hydrogens (tertiary/aromatic N) is 1. The summed E-state index contributed by atoms with van der Waals surface area (Å²) in [6.07, 6.45) is 0. The van der Waals surface area contributed by atoms with Crippen LogP contribution in [0, 0.1) is 5.82 Å². The highest BCUT2D eigenvalue weighted by atomic mass is 19.1. The lowest BCUT2D eigenvalue weighted by molar-refractivity contribution is 0.0736. The molecule has 0 aliphatic carbocycles. The van der Waals surface area contributed by atoms with Crippen LogP contribution >= 0.6 is 0 Å². The zero-order chi connectivity index (χ0) is 11.0. The number of carbonyl (C=O) groups excluding carboxylic acids is 1. The minimum atomic E-state index is -0.538. The van der Waals surface area contributed by atoms with Crippen molar-refractivity contribution in [3.05, 3.63) is 35.1 Å². The molecule has 1 heterocycles. The van der Waals surface area contributed by atoms with E-state index in [9.17, 15) is 9.18 Å². The second-order valence-electron chi connectivity index (χ2n) is 3.58. The van der Waals surface area contributed by atoms with Gasteiger partial charge >= 0.3 is 5.97 Å². The fourth-order valence-corrected chi connectivity index (χ4v) is 1.43. The number of halogens is 1. The molecule has 0 unspecified atom stereocenters. The number of carbonyl (C=O) groups is 1. The van der Waals surface area contributed by atoms with Crippen LogP contribution in [0.25, 0.3) is 0 Å². The maximum atomic E-state index is 13.5. The molecule has 0 radical (unpaired) electrons. The maximum Gasteiger partial charge on any atom is 0.345 e. The average Bonchev–Trinajstić information content (AvgIpc) is 2.44. The topological polar surface area (TPSA) is 38.7 Å². The molecule has 1 aromatic rings. The van der Waals surface area contributed by atoms with Crippen LogP contribution in [-0.4, -0.2) is 17.9 Å². The first-order valence-electron chi connectivity index (χ1n) is 4.68. The van der Waals surface area contributed by atoms with Crippen molar-refractivity contribution in [2.24, 2.45) is 4.99 Å². The molecule has 0 bridgehead atoms. The van der Waals surface area contributed by atoms with Gasteiger partial charge in [0.05, 0.1) is 11.1 Å². The van der Waals surface area contributed by atoms with E-state index >= 15 is 0 Å². The van der Waals surface area contributed by atoms with Gasteiger partial charge in [-0.2, -0.15) is 0 Å². The van der Waals surface area contributed by atoms with Gasteiger partial charge in [0.2, 0.25) is 5.90 Å². The van der Waals surface area contributed by atoms with Crippen LogP contribution in [0.15, 0.2) is 23.2 Å². The van der Waals surface area contributed by atoms with Crippen LogP contribution in [0.4, 0.5) is 4.39 Å². The minimum Gasteiger partial charge on any atom is -0.403 e. The number of benzene rings is 1. The van der Waals surface area contributed by atoms with Crippen LogP contribution in [0.3, 0.4) is 0 Å².